The summed E-state index contributed by atoms with van der Waals surface area (Å²) in [4.78, 5) is 0. The maximum absolute atomic E-state index is 13.1. The molecule has 0 unspecified atom stereocenters. The van der Waals surface area contributed by atoms with Gasteiger partial charge in [-0.15, -0.1) is 0 Å². The third-order valence-electron chi connectivity index (χ3n) is 2.62. The molecule has 0 aromatic heterocycles. The summed E-state index contributed by atoms with van der Waals surface area (Å²) in [6.07, 6.45) is 0. The Morgan fingerprint density at radius 3 is 2.76 bits per heavy atom. The van der Waals surface area contributed by atoms with Crippen LogP contribution in [0.2, 0.25) is 0 Å². The van der Waals surface area contributed by atoms with Gasteiger partial charge in [0.05, 0.1) is 0 Å². The van der Waals surface area contributed by atoms with Crippen molar-refractivity contribution in [3.8, 4) is 0 Å². The molecule has 0 bridgehead atoms. The van der Waals surface area contributed by atoms with Gasteiger partial charge in [0.1, 0.15) is 5.82 Å². The fourth-order valence-corrected chi connectivity index (χ4v) is 2.03. The van der Waals surface area contributed by atoms with Crippen LogP contribution in [-0.2, 0) is 6.54 Å². The first-order valence-electron chi connectivity index (χ1n) is 5.39. The number of nitrogens with one attached hydrogen (secondary N) is 1. The smallest absolute Gasteiger partial charge is 0.123 e. The Kier molecular flexibility index (Phi) is 3.79. The zero-order valence-electron chi connectivity index (χ0n) is 9.50. The van der Waals surface area contributed by atoms with Gasteiger partial charge in [0, 0.05) is 16.7 Å². The number of anilines is 1. The van der Waals surface area contributed by atoms with Gasteiger partial charge in [0.25, 0.3) is 0 Å². The first-order valence-corrected chi connectivity index (χ1v) is 6.19. The molecule has 0 saturated heterocycles. The zero-order valence-corrected chi connectivity index (χ0v) is 11.1. The average molecular weight is 294 g/mol. The van der Waals surface area contributed by atoms with E-state index in [2.05, 4.69) is 21.2 Å². The normalized spacial score (nSPS) is 10.3. The summed E-state index contributed by atoms with van der Waals surface area (Å²) < 4.78 is 14.1. The Morgan fingerprint density at radius 1 is 1.18 bits per heavy atom. The molecule has 0 saturated carbocycles. The number of halogens is 2. The van der Waals surface area contributed by atoms with Gasteiger partial charge < -0.3 is 5.32 Å². The van der Waals surface area contributed by atoms with Crippen molar-refractivity contribution in [2.75, 3.05) is 5.32 Å². The predicted molar refractivity (Wildman–Crippen MR) is 72.6 cm³/mol. The standard InChI is InChI=1S/C14H13BrFN/c1-10-5-6-13(16)7-11(10)9-17-14-4-2-3-12(15)8-14/h2-8,17H,9H2,1H3. The average Bonchev–Trinajstić information content (AvgIpc) is 2.30. The minimum Gasteiger partial charge on any atom is -0.381 e. The van der Waals surface area contributed by atoms with Gasteiger partial charge in [-0.2, -0.15) is 0 Å². The molecule has 1 nitrogen and oxygen atoms in total. The summed E-state index contributed by atoms with van der Waals surface area (Å²) in [7, 11) is 0. The van der Waals surface area contributed by atoms with Crippen LogP contribution in [0.4, 0.5) is 10.1 Å². The molecule has 0 aliphatic rings. The van der Waals surface area contributed by atoms with Gasteiger partial charge in [-0.25, -0.2) is 4.39 Å². The highest BCUT2D eigenvalue weighted by Gasteiger charge is 2.00. The van der Waals surface area contributed by atoms with Gasteiger partial charge in [-0.05, 0) is 48.4 Å². The minimum absolute atomic E-state index is 0.193. The van der Waals surface area contributed by atoms with Gasteiger partial charge in [-0.1, -0.05) is 28.1 Å². The van der Waals surface area contributed by atoms with Crippen LogP contribution in [0.25, 0.3) is 0 Å². The molecule has 0 atom stereocenters. The van der Waals surface area contributed by atoms with Crippen LogP contribution in [0.3, 0.4) is 0 Å². The lowest BCUT2D eigenvalue weighted by atomic mass is 10.1. The van der Waals surface area contributed by atoms with Crippen molar-refractivity contribution in [2.24, 2.45) is 0 Å². The van der Waals surface area contributed by atoms with Crippen LogP contribution < -0.4 is 5.32 Å². The SMILES string of the molecule is Cc1ccc(F)cc1CNc1cccc(Br)c1. The molecule has 2 rings (SSSR count). The molecule has 0 heterocycles. The van der Waals surface area contributed by atoms with Crippen LogP contribution >= 0.6 is 15.9 Å². The molecule has 2 aromatic carbocycles. The predicted octanol–water partition coefficient (Wildman–Crippen LogP) is 4.51. The molecule has 0 fully saturated rings. The highest BCUT2D eigenvalue weighted by molar-refractivity contribution is 9.10. The van der Waals surface area contributed by atoms with Crippen molar-refractivity contribution >= 4 is 21.6 Å². The third-order valence-corrected chi connectivity index (χ3v) is 3.11. The molecule has 88 valence electrons. The molecule has 2 aromatic rings. The topological polar surface area (TPSA) is 12.0 Å². The summed E-state index contributed by atoms with van der Waals surface area (Å²) in [5.41, 5.74) is 3.09. The van der Waals surface area contributed by atoms with Crippen molar-refractivity contribution in [1.82, 2.24) is 0 Å². The Hall–Kier alpha value is -1.35. The Morgan fingerprint density at radius 2 is 2.00 bits per heavy atom. The van der Waals surface area contributed by atoms with Gasteiger partial charge in [0.15, 0.2) is 0 Å². The molecule has 0 spiro atoms. The molecule has 0 aliphatic carbocycles. The summed E-state index contributed by atoms with van der Waals surface area (Å²) in [5.74, 6) is -0.193. The highest BCUT2D eigenvalue weighted by Crippen LogP contribution is 2.17. The van der Waals surface area contributed by atoms with E-state index >= 15 is 0 Å². The van der Waals surface area contributed by atoms with Crippen LogP contribution in [-0.4, -0.2) is 0 Å². The monoisotopic (exact) mass is 293 g/mol. The van der Waals surface area contributed by atoms with Crippen LogP contribution in [0.5, 0.6) is 0 Å². The fourth-order valence-electron chi connectivity index (χ4n) is 1.63. The van der Waals surface area contributed by atoms with E-state index in [0.29, 0.717) is 6.54 Å². The summed E-state index contributed by atoms with van der Waals surface area (Å²) >= 11 is 3.41. The molecule has 1 N–H and O–H groups in total. The summed E-state index contributed by atoms with van der Waals surface area (Å²) in [6, 6.07) is 12.8. The number of hydrogen-bond acceptors (Lipinski definition) is 1. The highest BCUT2D eigenvalue weighted by atomic mass is 79.9. The molecular formula is C14H13BrFN. The molecule has 0 radical (unpaired) electrons. The second kappa shape index (κ2) is 5.32. The van der Waals surface area contributed by atoms with E-state index in [1.54, 1.807) is 12.1 Å². The molecular weight excluding hydrogens is 281 g/mol. The van der Waals surface area contributed by atoms with E-state index in [9.17, 15) is 4.39 Å². The first-order chi connectivity index (χ1) is 8.15. The van der Waals surface area contributed by atoms with E-state index in [1.165, 1.54) is 6.07 Å². The lowest BCUT2D eigenvalue weighted by Gasteiger charge is -2.09. The third kappa shape index (κ3) is 3.30. The minimum atomic E-state index is -0.193. The van der Waals surface area contributed by atoms with E-state index in [-0.39, 0.29) is 5.82 Å². The van der Waals surface area contributed by atoms with E-state index < -0.39 is 0 Å². The van der Waals surface area contributed by atoms with Crippen molar-refractivity contribution < 1.29 is 4.39 Å². The number of rotatable bonds is 3. The Balaban J connectivity index is 2.09. The Bertz CT molecular complexity index is 525. The lowest BCUT2D eigenvalue weighted by molar-refractivity contribution is 0.625. The maximum atomic E-state index is 13.1. The van der Waals surface area contributed by atoms with Crippen molar-refractivity contribution in [2.45, 2.75) is 13.5 Å². The summed E-state index contributed by atoms with van der Waals surface area (Å²) in [5, 5.41) is 3.27. The van der Waals surface area contributed by atoms with Gasteiger partial charge in [-0.3, -0.25) is 0 Å². The second-order valence-corrected chi connectivity index (χ2v) is 4.85. The van der Waals surface area contributed by atoms with Crippen molar-refractivity contribution in [1.29, 1.82) is 0 Å². The quantitative estimate of drug-likeness (QED) is 0.878. The number of hydrogen-bond donors (Lipinski definition) is 1. The fraction of sp³-hybridized carbons (Fsp3) is 0.143. The van der Waals surface area contributed by atoms with Crippen LogP contribution in [0.15, 0.2) is 46.9 Å². The largest absolute Gasteiger partial charge is 0.381 e. The molecule has 3 heteroatoms. The van der Waals surface area contributed by atoms with Gasteiger partial charge in [0.2, 0.25) is 0 Å². The molecule has 0 aliphatic heterocycles. The number of benzene rings is 2. The molecule has 17 heavy (non-hydrogen) atoms. The van der Waals surface area contributed by atoms with Crippen molar-refractivity contribution in [3.05, 3.63) is 63.9 Å². The van der Waals surface area contributed by atoms with Crippen LogP contribution in [0.1, 0.15) is 11.1 Å². The van der Waals surface area contributed by atoms with Crippen molar-refractivity contribution in [3.63, 3.8) is 0 Å². The van der Waals surface area contributed by atoms with Crippen LogP contribution in [0, 0.1) is 12.7 Å². The van der Waals surface area contributed by atoms with E-state index in [1.807, 2.05) is 31.2 Å². The van der Waals surface area contributed by atoms with E-state index in [0.717, 1.165) is 21.3 Å². The first kappa shape index (κ1) is 12.1. The second-order valence-electron chi connectivity index (χ2n) is 3.93. The van der Waals surface area contributed by atoms with Gasteiger partial charge >= 0.3 is 0 Å². The zero-order chi connectivity index (χ0) is 12.3. The summed E-state index contributed by atoms with van der Waals surface area (Å²) in [6.45, 7) is 2.61. The molecule has 0 amide bonds. The maximum Gasteiger partial charge on any atom is 0.123 e. The Labute approximate surface area is 109 Å². The lowest BCUT2D eigenvalue weighted by Crippen LogP contribution is -2.01. The van der Waals surface area contributed by atoms with E-state index in [4.69, 9.17) is 0 Å². The number of aryl methyl sites for hydroxylation is 1.